The zero-order chi connectivity index (χ0) is 19.2. The minimum atomic E-state index is 0.903. The molecule has 0 N–H and O–H groups in total. The van der Waals surface area contributed by atoms with Crippen molar-refractivity contribution in [3.63, 3.8) is 0 Å². The third-order valence-corrected chi connectivity index (χ3v) is 6.05. The fourth-order valence-electron chi connectivity index (χ4n) is 3.63. The van der Waals surface area contributed by atoms with Gasteiger partial charge in [-0.05, 0) is 0 Å². The Balaban J connectivity index is 1.53. The van der Waals surface area contributed by atoms with Crippen LogP contribution in [0.1, 0.15) is 16.7 Å². The van der Waals surface area contributed by atoms with Crippen LogP contribution >= 0.6 is 0 Å². The van der Waals surface area contributed by atoms with Crippen molar-refractivity contribution in [2.75, 3.05) is 13.3 Å². The predicted molar refractivity (Wildman–Crippen MR) is 116 cm³/mol. The van der Waals surface area contributed by atoms with Gasteiger partial charge >= 0.3 is 176 Å². The van der Waals surface area contributed by atoms with Gasteiger partial charge < -0.3 is 0 Å². The van der Waals surface area contributed by atoms with Crippen LogP contribution in [0.15, 0.2) is 91.0 Å². The molecule has 1 fully saturated rings. The maximum atomic E-state index is 3.35. The molecule has 0 saturated carbocycles. The molecule has 0 aromatic heterocycles. The van der Waals surface area contributed by atoms with Crippen LogP contribution in [0.4, 0.5) is 0 Å². The number of rotatable bonds is 6. The van der Waals surface area contributed by atoms with Crippen molar-refractivity contribution in [3.8, 4) is 0 Å². The van der Waals surface area contributed by atoms with Crippen LogP contribution in [0, 0.1) is 0 Å². The number of hydrogen-bond donors (Lipinski definition) is 0. The van der Waals surface area contributed by atoms with Gasteiger partial charge in [0.05, 0.1) is 0 Å². The summed E-state index contributed by atoms with van der Waals surface area (Å²) in [6, 6.07) is 32.1. The summed E-state index contributed by atoms with van der Waals surface area (Å²) >= 11 is 3.35. The molecule has 4 rings (SSSR count). The molecule has 0 aliphatic carbocycles. The van der Waals surface area contributed by atoms with E-state index < -0.39 is 0 Å². The van der Waals surface area contributed by atoms with Gasteiger partial charge in [0.15, 0.2) is 0 Å². The molecular weight excluding hydrogens is 409 g/mol. The Labute approximate surface area is 175 Å². The molecule has 1 saturated heterocycles. The molecule has 1 aliphatic rings. The molecule has 3 aromatic rings. The number of benzene rings is 3. The molecule has 0 bridgehead atoms. The zero-order valence-electron chi connectivity index (χ0n) is 15.9. The Morgan fingerprint density at radius 2 is 0.893 bits per heavy atom. The summed E-state index contributed by atoms with van der Waals surface area (Å²) in [5.41, 5.74) is 4.01. The van der Waals surface area contributed by atoms with Gasteiger partial charge in [-0.3, -0.25) is 0 Å². The molecule has 1 aliphatic heterocycles. The fraction of sp³-hybridized carbons (Fsp3) is 0.208. The molecule has 28 heavy (non-hydrogen) atoms. The normalized spacial score (nSPS) is 15.1. The monoisotopic (exact) mass is 435 g/mol. The first-order valence-electron chi connectivity index (χ1n) is 9.66. The predicted octanol–water partition coefficient (Wildman–Crippen LogP) is 3.68. The molecule has 0 spiro atoms. The first kappa shape index (κ1) is 18.9. The summed E-state index contributed by atoms with van der Waals surface area (Å²) in [6.45, 7) is 4.58. The van der Waals surface area contributed by atoms with Gasteiger partial charge in [-0.25, -0.2) is 0 Å². The van der Waals surface area contributed by atoms with Gasteiger partial charge in [-0.2, -0.15) is 0 Å². The SMILES string of the molecule is [Se]=C1N(Cc2ccccc2)CN(Cc2ccccc2)CN1Cc1ccccc1. The van der Waals surface area contributed by atoms with Crippen LogP contribution in [0.25, 0.3) is 0 Å². The van der Waals surface area contributed by atoms with E-state index in [1.165, 1.54) is 21.4 Å². The number of hydrogen-bond acceptors (Lipinski definition) is 3. The average molecular weight is 434 g/mol. The van der Waals surface area contributed by atoms with Crippen molar-refractivity contribution < 1.29 is 0 Å². The van der Waals surface area contributed by atoms with Gasteiger partial charge in [-0.1, -0.05) is 0 Å². The van der Waals surface area contributed by atoms with E-state index in [1.54, 1.807) is 0 Å². The molecular formula is C24H25N3Se. The minimum absolute atomic E-state index is 0.903. The Hall–Kier alpha value is -2.39. The Kier molecular flexibility index (Phi) is 6.23. The fourth-order valence-corrected chi connectivity index (χ4v) is 4.15. The summed E-state index contributed by atoms with van der Waals surface area (Å²) in [6.07, 6.45) is 0. The van der Waals surface area contributed by atoms with Crippen LogP contribution in [-0.2, 0) is 19.6 Å². The van der Waals surface area contributed by atoms with Crippen molar-refractivity contribution in [2.45, 2.75) is 19.6 Å². The summed E-state index contributed by atoms with van der Waals surface area (Å²) in [7, 11) is 0. The molecule has 3 aromatic carbocycles. The van der Waals surface area contributed by atoms with Crippen molar-refractivity contribution >= 4 is 20.2 Å². The van der Waals surface area contributed by atoms with Crippen molar-refractivity contribution in [2.24, 2.45) is 0 Å². The summed E-state index contributed by atoms with van der Waals surface area (Å²) < 4.78 is 1.22. The number of nitrogens with zero attached hydrogens (tertiary/aromatic N) is 3. The van der Waals surface area contributed by atoms with Gasteiger partial charge in [0, 0.05) is 0 Å². The molecule has 0 atom stereocenters. The van der Waals surface area contributed by atoms with Crippen LogP contribution in [-0.4, -0.2) is 48.3 Å². The van der Waals surface area contributed by atoms with E-state index in [0.29, 0.717) is 0 Å². The zero-order valence-corrected chi connectivity index (χ0v) is 17.7. The summed E-state index contributed by atoms with van der Waals surface area (Å²) in [5.74, 6) is 0. The van der Waals surface area contributed by atoms with E-state index in [-0.39, 0.29) is 0 Å². The third kappa shape index (κ3) is 4.90. The molecule has 3 nitrogen and oxygen atoms in total. The second kappa shape index (κ2) is 9.20. The molecule has 0 unspecified atom stereocenters. The average Bonchev–Trinajstić information content (AvgIpc) is 2.74. The van der Waals surface area contributed by atoms with Crippen LogP contribution < -0.4 is 0 Å². The van der Waals surface area contributed by atoms with E-state index >= 15 is 0 Å². The molecule has 1 heterocycles. The maximum absolute atomic E-state index is 3.35. The van der Waals surface area contributed by atoms with Crippen molar-refractivity contribution in [1.29, 1.82) is 0 Å². The van der Waals surface area contributed by atoms with Crippen LogP contribution in [0.3, 0.4) is 0 Å². The Bertz CT molecular complexity index is 830. The molecule has 0 amide bonds. The van der Waals surface area contributed by atoms with Crippen molar-refractivity contribution in [1.82, 2.24) is 14.7 Å². The topological polar surface area (TPSA) is 9.72 Å². The van der Waals surface area contributed by atoms with E-state index in [9.17, 15) is 0 Å². The van der Waals surface area contributed by atoms with Crippen molar-refractivity contribution in [3.05, 3.63) is 108 Å². The van der Waals surface area contributed by atoms with Crippen LogP contribution in [0.5, 0.6) is 0 Å². The second-order valence-corrected chi connectivity index (χ2v) is 8.01. The molecule has 0 radical (unpaired) electrons. The Morgan fingerprint density at radius 1 is 0.536 bits per heavy atom. The van der Waals surface area contributed by atoms with Gasteiger partial charge in [0.2, 0.25) is 0 Å². The Morgan fingerprint density at radius 3 is 1.29 bits per heavy atom. The van der Waals surface area contributed by atoms with Crippen LogP contribution in [0.2, 0.25) is 0 Å². The second-order valence-electron chi connectivity index (χ2n) is 7.25. The van der Waals surface area contributed by atoms with Gasteiger partial charge in [0.25, 0.3) is 0 Å². The standard InChI is InChI=1S/C24H25N3Se/c28-24-26(17-22-12-6-2-7-13-22)19-25(16-21-10-4-1-5-11-21)20-27(24)18-23-14-8-3-9-15-23/h1-15H,16-20H2. The summed E-state index contributed by atoms with van der Waals surface area (Å²) in [5, 5.41) is 0. The third-order valence-electron chi connectivity index (χ3n) is 4.96. The molecule has 142 valence electrons. The summed E-state index contributed by atoms with van der Waals surface area (Å²) in [4.78, 5) is 7.37. The van der Waals surface area contributed by atoms with E-state index in [1.807, 2.05) is 0 Å². The molecule has 4 heteroatoms. The van der Waals surface area contributed by atoms with Gasteiger partial charge in [0.1, 0.15) is 0 Å². The van der Waals surface area contributed by atoms with E-state index in [4.69, 9.17) is 0 Å². The first-order chi connectivity index (χ1) is 13.8. The quantitative estimate of drug-likeness (QED) is 0.548. The van der Waals surface area contributed by atoms with Gasteiger partial charge in [-0.15, -0.1) is 0 Å². The first-order valence-corrected chi connectivity index (χ1v) is 10.5. The van der Waals surface area contributed by atoms with E-state index in [0.717, 1.165) is 33.0 Å². The van der Waals surface area contributed by atoms with E-state index in [2.05, 4.69) is 121 Å².